The minimum Gasteiger partial charge on any atom is -0.391 e. The molecule has 0 aromatic carbocycles. The molecule has 2 N–H and O–H groups in total. The van der Waals surface area contributed by atoms with Gasteiger partial charge in [-0.05, 0) is 18.8 Å². The first kappa shape index (κ1) is 10.2. The predicted octanol–water partition coefficient (Wildman–Crippen LogP) is -0.127. The number of aliphatic hydroxyl groups is 1. The molecule has 1 aliphatic rings. The van der Waals surface area contributed by atoms with Gasteiger partial charge in [0.15, 0.2) is 0 Å². The summed E-state index contributed by atoms with van der Waals surface area (Å²) in [7, 11) is -3.36. The van der Waals surface area contributed by atoms with Gasteiger partial charge in [0.1, 0.15) is 5.21 Å². The highest BCUT2D eigenvalue weighted by molar-refractivity contribution is 7.90. The Morgan fingerprint density at radius 2 is 2.17 bits per heavy atom. The first-order chi connectivity index (χ1) is 5.55. The molecular weight excluding hydrogens is 202 g/mol. The standard InChI is InChI=1S/C6H12ClNO3S/c7-4-12(10,11)8-3-6(9)5-1-2-5/h5-6,8-9H,1-4H2. The first-order valence-corrected chi connectivity index (χ1v) is 5.95. The van der Waals surface area contributed by atoms with Crippen LogP contribution in [0, 0.1) is 5.92 Å². The molecule has 0 bridgehead atoms. The molecule has 0 radical (unpaired) electrons. The van der Waals surface area contributed by atoms with Crippen LogP contribution in [0.5, 0.6) is 0 Å². The molecular formula is C6H12ClNO3S. The number of aliphatic hydroxyl groups excluding tert-OH is 1. The van der Waals surface area contributed by atoms with Gasteiger partial charge in [-0.15, -0.1) is 11.6 Å². The van der Waals surface area contributed by atoms with Crippen molar-refractivity contribution in [2.45, 2.75) is 18.9 Å². The Bertz CT molecular complexity index is 237. The fourth-order valence-corrected chi connectivity index (χ4v) is 1.63. The molecule has 0 amide bonds. The normalized spacial score (nSPS) is 20.8. The van der Waals surface area contributed by atoms with E-state index < -0.39 is 21.3 Å². The lowest BCUT2D eigenvalue weighted by Gasteiger charge is -2.09. The van der Waals surface area contributed by atoms with Crippen molar-refractivity contribution in [3.05, 3.63) is 0 Å². The third-order valence-corrected chi connectivity index (χ3v) is 3.58. The second-order valence-electron chi connectivity index (χ2n) is 2.98. The van der Waals surface area contributed by atoms with E-state index in [1.54, 1.807) is 0 Å². The van der Waals surface area contributed by atoms with Crippen molar-refractivity contribution in [1.82, 2.24) is 4.72 Å². The molecule has 0 aromatic rings. The van der Waals surface area contributed by atoms with Crippen LogP contribution in [0.2, 0.25) is 0 Å². The van der Waals surface area contributed by atoms with E-state index in [1.165, 1.54) is 0 Å². The molecule has 0 heterocycles. The van der Waals surface area contributed by atoms with Gasteiger partial charge in [0.05, 0.1) is 6.10 Å². The van der Waals surface area contributed by atoms with Gasteiger partial charge in [-0.1, -0.05) is 0 Å². The monoisotopic (exact) mass is 213 g/mol. The molecule has 1 unspecified atom stereocenters. The lowest BCUT2D eigenvalue weighted by molar-refractivity contribution is 0.155. The fraction of sp³-hybridized carbons (Fsp3) is 1.00. The van der Waals surface area contributed by atoms with Gasteiger partial charge in [0, 0.05) is 6.54 Å². The van der Waals surface area contributed by atoms with E-state index in [0.717, 1.165) is 12.8 Å². The van der Waals surface area contributed by atoms with Crippen molar-refractivity contribution in [2.24, 2.45) is 5.92 Å². The third kappa shape index (κ3) is 3.26. The van der Waals surface area contributed by atoms with Crippen LogP contribution < -0.4 is 4.72 Å². The molecule has 1 rings (SSSR count). The molecule has 4 nitrogen and oxygen atoms in total. The zero-order valence-corrected chi connectivity index (χ0v) is 8.11. The number of nitrogens with one attached hydrogen (secondary N) is 1. The third-order valence-electron chi connectivity index (χ3n) is 1.82. The lowest BCUT2D eigenvalue weighted by Crippen LogP contribution is -2.33. The van der Waals surface area contributed by atoms with Crippen molar-refractivity contribution in [1.29, 1.82) is 0 Å². The summed E-state index contributed by atoms with van der Waals surface area (Å²) in [5, 5.41) is 8.82. The van der Waals surface area contributed by atoms with Crippen LogP contribution in [0.3, 0.4) is 0 Å². The van der Waals surface area contributed by atoms with Gasteiger partial charge in [-0.3, -0.25) is 0 Å². The number of hydrogen-bond donors (Lipinski definition) is 2. The molecule has 1 fully saturated rings. The van der Waals surface area contributed by atoms with Crippen LogP contribution >= 0.6 is 11.6 Å². The van der Waals surface area contributed by atoms with E-state index in [9.17, 15) is 13.5 Å². The molecule has 1 saturated carbocycles. The number of halogens is 1. The van der Waals surface area contributed by atoms with E-state index >= 15 is 0 Å². The molecule has 0 aromatic heterocycles. The van der Waals surface area contributed by atoms with Crippen LogP contribution in [-0.2, 0) is 10.0 Å². The van der Waals surface area contributed by atoms with Crippen LogP contribution in [0.15, 0.2) is 0 Å². The summed E-state index contributed by atoms with van der Waals surface area (Å²) in [6.45, 7) is 0.0831. The van der Waals surface area contributed by atoms with Crippen LogP contribution in [0.1, 0.15) is 12.8 Å². The Morgan fingerprint density at radius 1 is 1.58 bits per heavy atom. The highest BCUT2D eigenvalue weighted by Gasteiger charge is 2.30. The van der Waals surface area contributed by atoms with Crippen molar-refractivity contribution in [2.75, 3.05) is 11.8 Å². The summed E-state index contributed by atoms with van der Waals surface area (Å²) in [6.07, 6.45) is 1.43. The molecule has 0 saturated heterocycles. The largest absolute Gasteiger partial charge is 0.391 e. The molecule has 12 heavy (non-hydrogen) atoms. The summed E-state index contributed by atoms with van der Waals surface area (Å²) in [5.41, 5.74) is 0. The average Bonchev–Trinajstić information content (AvgIpc) is 2.83. The van der Waals surface area contributed by atoms with Crippen molar-refractivity contribution < 1.29 is 13.5 Å². The van der Waals surface area contributed by atoms with Gasteiger partial charge >= 0.3 is 0 Å². The fourth-order valence-electron chi connectivity index (χ4n) is 0.899. The minimum atomic E-state index is -3.36. The molecule has 1 atom stereocenters. The van der Waals surface area contributed by atoms with Gasteiger partial charge in [0.2, 0.25) is 10.0 Å². The summed E-state index contributed by atoms with van der Waals surface area (Å²) in [6, 6.07) is 0. The van der Waals surface area contributed by atoms with E-state index in [1.807, 2.05) is 0 Å². The number of rotatable bonds is 5. The van der Waals surface area contributed by atoms with Gasteiger partial charge in [0.25, 0.3) is 0 Å². The smallest absolute Gasteiger partial charge is 0.225 e. The Kier molecular flexibility index (Phi) is 3.34. The van der Waals surface area contributed by atoms with Crippen LogP contribution in [0.25, 0.3) is 0 Å². The molecule has 0 aliphatic heterocycles. The van der Waals surface area contributed by atoms with E-state index in [0.29, 0.717) is 0 Å². The number of hydrogen-bond acceptors (Lipinski definition) is 3. The zero-order chi connectivity index (χ0) is 9.19. The Balaban J connectivity index is 2.24. The summed E-state index contributed by atoms with van der Waals surface area (Å²) < 4.78 is 23.8. The first-order valence-electron chi connectivity index (χ1n) is 3.76. The van der Waals surface area contributed by atoms with E-state index in [4.69, 9.17) is 11.6 Å². The Morgan fingerprint density at radius 3 is 2.58 bits per heavy atom. The number of alkyl halides is 1. The summed E-state index contributed by atoms with van der Waals surface area (Å²) in [5.74, 6) is 0.281. The maximum atomic E-state index is 10.8. The minimum absolute atomic E-state index is 0.0831. The molecule has 1 aliphatic carbocycles. The molecule has 6 heteroatoms. The van der Waals surface area contributed by atoms with Crippen molar-refractivity contribution in [3.8, 4) is 0 Å². The highest BCUT2D eigenvalue weighted by atomic mass is 35.5. The summed E-state index contributed by atoms with van der Waals surface area (Å²) >= 11 is 5.14. The summed E-state index contributed by atoms with van der Waals surface area (Å²) in [4.78, 5) is 0. The van der Waals surface area contributed by atoms with Gasteiger partial charge < -0.3 is 5.11 Å². The predicted molar refractivity (Wildman–Crippen MR) is 46.4 cm³/mol. The van der Waals surface area contributed by atoms with E-state index in [2.05, 4.69) is 4.72 Å². The van der Waals surface area contributed by atoms with Crippen molar-refractivity contribution >= 4 is 21.6 Å². The van der Waals surface area contributed by atoms with Crippen molar-refractivity contribution in [3.63, 3.8) is 0 Å². The van der Waals surface area contributed by atoms with Crippen LogP contribution in [0.4, 0.5) is 0 Å². The Labute approximate surface area is 77.0 Å². The topological polar surface area (TPSA) is 66.4 Å². The van der Waals surface area contributed by atoms with E-state index in [-0.39, 0.29) is 12.5 Å². The maximum Gasteiger partial charge on any atom is 0.225 e. The van der Waals surface area contributed by atoms with Gasteiger partial charge in [-0.2, -0.15) is 0 Å². The maximum absolute atomic E-state index is 10.8. The average molecular weight is 214 g/mol. The Hall–Kier alpha value is 0.160. The van der Waals surface area contributed by atoms with Crippen LogP contribution in [-0.4, -0.2) is 31.4 Å². The quantitative estimate of drug-likeness (QED) is 0.626. The van der Waals surface area contributed by atoms with Gasteiger partial charge in [-0.25, -0.2) is 13.1 Å². The highest BCUT2D eigenvalue weighted by Crippen LogP contribution is 2.32. The second-order valence-corrected chi connectivity index (χ2v) is 5.37. The lowest BCUT2D eigenvalue weighted by atomic mass is 10.2. The second kappa shape index (κ2) is 3.91. The number of sulfonamides is 1. The zero-order valence-electron chi connectivity index (χ0n) is 6.53. The SMILES string of the molecule is O=S(=O)(CCl)NCC(O)C1CC1. The molecule has 0 spiro atoms. The molecule has 72 valence electrons.